The van der Waals surface area contributed by atoms with Gasteiger partial charge in [-0.15, -0.1) is 0 Å². The monoisotopic (exact) mass is 497 g/mol. The fourth-order valence-corrected chi connectivity index (χ4v) is 4.75. The van der Waals surface area contributed by atoms with E-state index in [1.54, 1.807) is 30.3 Å². The van der Waals surface area contributed by atoms with Crippen molar-refractivity contribution < 1.29 is 19.4 Å². The number of nitrogens with zero attached hydrogens (tertiary/aromatic N) is 1. The maximum atomic E-state index is 13.2. The van der Waals surface area contributed by atoms with Crippen LogP contribution in [0.25, 0.3) is 0 Å². The first-order valence-corrected chi connectivity index (χ1v) is 11.8. The van der Waals surface area contributed by atoms with Gasteiger partial charge in [-0.25, -0.2) is 0 Å². The van der Waals surface area contributed by atoms with E-state index in [1.165, 1.54) is 4.90 Å². The highest BCUT2D eigenvalue weighted by Gasteiger charge is 2.32. The third-order valence-corrected chi connectivity index (χ3v) is 6.40. The van der Waals surface area contributed by atoms with Gasteiger partial charge in [0.05, 0.1) is 0 Å². The zero-order valence-corrected chi connectivity index (χ0v) is 20.3. The normalized spacial score (nSPS) is 16.9. The van der Waals surface area contributed by atoms with Crippen molar-refractivity contribution in [3.05, 3.63) is 99.0 Å². The van der Waals surface area contributed by atoms with Crippen LogP contribution in [-0.4, -0.2) is 34.0 Å². The number of hydrogen-bond donors (Lipinski definition) is 1. The Hall–Kier alpha value is -3.02. The Balaban J connectivity index is 1.52. The Morgan fingerprint density at radius 2 is 1.68 bits per heavy atom. The molecule has 1 atom stereocenters. The summed E-state index contributed by atoms with van der Waals surface area (Å²) in [6, 6.07) is 20.1. The number of halogens is 2. The molecule has 0 spiro atoms. The maximum Gasteiger partial charge on any atom is 0.323 e. The molecule has 34 heavy (non-hydrogen) atoms. The number of aliphatic carboxylic acids is 1. The molecule has 0 saturated carbocycles. The lowest BCUT2D eigenvalue weighted by atomic mass is 9.87. The van der Waals surface area contributed by atoms with Crippen molar-refractivity contribution in [2.45, 2.75) is 38.3 Å². The number of amides is 1. The van der Waals surface area contributed by atoms with Gasteiger partial charge in [-0.2, -0.15) is 0 Å². The van der Waals surface area contributed by atoms with Gasteiger partial charge in [-0.1, -0.05) is 47.5 Å². The molecule has 0 aromatic heterocycles. The topological polar surface area (TPSA) is 66.8 Å². The average Bonchev–Trinajstić information content (AvgIpc) is 2.77. The molecular weight excluding hydrogens is 473 g/mol. The molecule has 1 N–H and O–H groups in total. The van der Waals surface area contributed by atoms with Gasteiger partial charge in [-0.05, 0) is 78.9 Å². The van der Waals surface area contributed by atoms with Crippen LogP contribution in [0.15, 0.2) is 66.7 Å². The maximum absolute atomic E-state index is 13.2. The summed E-state index contributed by atoms with van der Waals surface area (Å²) in [5.74, 6) is -0.683. The minimum Gasteiger partial charge on any atom is -0.487 e. The van der Waals surface area contributed by atoms with Crippen LogP contribution in [0.4, 0.5) is 0 Å². The lowest BCUT2D eigenvalue weighted by molar-refractivity contribution is -0.137. The van der Waals surface area contributed by atoms with E-state index >= 15 is 0 Å². The van der Waals surface area contributed by atoms with E-state index in [0.717, 1.165) is 41.7 Å². The van der Waals surface area contributed by atoms with Crippen LogP contribution in [0.1, 0.15) is 40.4 Å². The van der Waals surface area contributed by atoms with E-state index < -0.39 is 12.5 Å². The SMILES string of the molecule is C[C@@]1(Cc2cccc(Cl)c2)CCc2cc(C(=O)N(CC(=O)O)Cc3cccc(Cl)c3)ccc2O1. The summed E-state index contributed by atoms with van der Waals surface area (Å²) in [5.41, 5.74) is 2.86. The van der Waals surface area contributed by atoms with Gasteiger partial charge in [0.25, 0.3) is 5.91 Å². The molecule has 3 aromatic rings. The van der Waals surface area contributed by atoms with Crippen molar-refractivity contribution in [3.63, 3.8) is 0 Å². The molecule has 0 radical (unpaired) electrons. The molecule has 1 heterocycles. The Morgan fingerprint density at radius 3 is 2.35 bits per heavy atom. The summed E-state index contributed by atoms with van der Waals surface area (Å²) in [4.78, 5) is 26.0. The van der Waals surface area contributed by atoms with Crippen LogP contribution in [0, 0.1) is 0 Å². The summed E-state index contributed by atoms with van der Waals surface area (Å²) in [6.45, 7) is 1.82. The van der Waals surface area contributed by atoms with Crippen LogP contribution in [-0.2, 0) is 24.2 Å². The Labute approximate surface area is 208 Å². The number of carbonyl (C=O) groups is 2. The van der Waals surface area contributed by atoms with Crippen molar-refractivity contribution in [2.24, 2.45) is 0 Å². The summed E-state index contributed by atoms with van der Waals surface area (Å²) in [6.07, 6.45) is 2.26. The Morgan fingerprint density at radius 1 is 1.00 bits per heavy atom. The minimum atomic E-state index is -1.08. The quantitative estimate of drug-likeness (QED) is 0.431. The van der Waals surface area contributed by atoms with Gasteiger partial charge < -0.3 is 14.7 Å². The van der Waals surface area contributed by atoms with Crippen LogP contribution in [0.3, 0.4) is 0 Å². The average molecular weight is 498 g/mol. The lowest BCUT2D eigenvalue weighted by Crippen LogP contribution is -2.39. The molecule has 1 aliphatic heterocycles. The number of carbonyl (C=O) groups excluding carboxylic acids is 1. The van der Waals surface area contributed by atoms with Crippen LogP contribution in [0.2, 0.25) is 10.0 Å². The van der Waals surface area contributed by atoms with E-state index in [0.29, 0.717) is 15.6 Å². The third-order valence-electron chi connectivity index (χ3n) is 5.93. The molecule has 7 heteroatoms. The molecule has 0 bridgehead atoms. The first-order chi connectivity index (χ1) is 16.2. The van der Waals surface area contributed by atoms with E-state index in [1.807, 2.05) is 36.4 Å². The highest BCUT2D eigenvalue weighted by atomic mass is 35.5. The second-order valence-corrected chi connectivity index (χ2v) is 9.74. The Kier molecular flexibility index (Phi) is 7.15. The van der Waals surface area contributed by atoms with Gasteiger partial charge >= 0.3 is 5.97 Å². The third kappa shape index (κ3) is 5.91. The largest absolute Gasteiger partial charge is 0.487 e. The Bertz CT molecular complexity index is 1230. The first kappa shape index (κ1) is 24.1. The van der Waals surface area contributed by atoms with Crippen molar-refractivity contribution in [1.82, 2.24) is 4.90 Å². The van der Waals surface area contributed by atoms with Crippen molar-refractivity contribution in [2.75, 3.05) is 6.54 Å². The molecule has 0 fully saturated rings. The van der Waals surface area contributed by atoms with Crippen molar-refractivity contribution in [3.8, 4) is 5.75 Å². The molecule has 0 saturated heterocycles. The molecular formula is C27H25Cl2NO4. The van der Waals surface area contributed by atoms with Crippen LogP contribution >= 0.6 is 23.2 Å². The minimum absolute atomic E-state index is 0.150. The number of hydrogen-bond acceptors (Lipinski definition) is 3. The van der Waals surface area contributed by atoms with Gasteiger partial charge in [-0.3, -0.25) is 9.59 Å². The number of ether oxygens (including phenoxy) is 1. The van der Waals surface area contributed by atoms with Crippen molar-refractivity contribution in [1.29, 1.82) is 0 Å². The van der Waals surface area contributed by atoms with Gasteiger partial charge in [0.2, 0.25) is 0 Å². The zero-order chi connectivity index (χ0) is 24.3. The molecule has 4 rings (SSSR count). The van der Waals surface area contributed by atoms with Gasteiger partial charge in [0.15, 0.2) is 0 Å². The van der Waals surface area contributed by atoms with E-state index in [2.05, 4.69) is 6.92 Å². The summed E-state index contributed by atoms with van der Waals surface area (Å²) >= 11 is 12.2. The summed E-state index contributed by atoms with van der Waals surface area (Å²) in [7, 11) is 0. The van der Waals surface area contributed by atoms with Crippen LogP contribution < -0.4 is 4.74 Å². The van der Waals surface area contributed by atoms with Gasteiger partial charge in [0.1, 0.15) is 17.9 Å². The smallest absolute Gasteiger partial charge is 0.323 e. The fraction of sp³-hybridized carbons (Fsp3) is 0.259. The van der Waals surface area contributed by atoms with E-state index in [-0.39, 0.29) is 18.1 Å². The number of rotatable bonds is 7. The number of fused-ring (bicyclic) bond motifs is 1. The molecule has 1 amide bonds. The summed E-state index contributed by atoms with van der Waals surface area (Å²) < 4.78 is 6.36. The first-order valence-electron chi connectivity index (χ1n) is 11.0. The number of carboxylic acids is 1. The molecule has 176 valence electrons. The zero-order valence-electron chi connectivity index (χ0n) is 18.8. The standard InChI is InChI=1S/C27H25Cl2NO4/c1-27(15-18-4-2-6-22(28)12-18)11-10-20-14-21(8-9-24(20)34-27)26(33)30(17-25(31)32)16-19-5-3-7-23(29)13-19/h2-9,12-14H,10-11,15-17H2,1H3,(H,31,32)/t27-/m0/s1. The summed E-state index contributed by atoms with van der Waals surface area (Å²) in [5, 5.41) is 10.6. The second-order valence-electron chi connectivity index (χ2n) is 8.87. The van der Waals surface area contributed by atoms with Crippen molar-refractivity contribution >= 4 is 35.1 Å². The number of aryl methyl sites for hydroxylation is 1. The highest BCUT2D eigenvalue weighted by molar-refractivity contribution is 6.30. The molecule has 1 aliphatic rings. The van der Waals surface area contributed by atoms with E-state index in [9.17, 15) is 14.7 Å². The van der Waals surface area contributed by atoms with Crippen LogP contribution in [0.5, 0.6) is 5.75 Å². The molecule has 3 aromatic carbocycles. The van der Waals surface area contributed by atoms with Gasteiger partial charge in [0, 0.05) is 28.6 Å². The van der Waals surface area contributed by atoms with E-state index in [4.69, 9.17) is 27.9 Å². The second kappa shape index (κ2) is 10.1. The highest BCUT2D eigenvalue weighted by Crippen LogP contribution is 2.36. The molecule has 5 nitrogen and oxygen atoms in total. The molecule has 0 unspecified atom stereocenters. The lowest BCUT2D eigenvalue weighted by Gasteiger charge is -2.36. The predicted molar refractivity (Wildman–Crippen MR) is 133 cm³/mol. The number of benzene rings is 3. The predicted octanol–water partition coefficient (Wildman–Crippen LogP) is 6.05. The fourth-order valence-electron chi connectivity index (χ4n) is 4.33. The molecule has 0 aliphatic carbocycles. The number of carboxylic acid groups (broad SMARTS) is 1.